The standard InChI is InChI=1S/C22H19NO4/c1-15-3-2-4-19(13-15)23-21(25)14-27-22(26)18-7-5-16(6-8-18)17-9-11-20(24)12-10-17/h2-13,24H,14H2,1H3,(H,23,25). The van der Waals surface area contributed by atoms with Gasteiger partial charge in [0.15, 0.2) is 6.61 Å². The Kier molecular flexibility index (Phi) is 5.52. The predicted molar refractivity (Wildman–Crippen MR) is 104 cm³/mol. The van der Waals surface area contributed by atoms with Crippen molar-refractivity contribution in [1.29, 1.82) is 0 Å². The molecule has 5 heteroatoms. The molecular weight excluding hydrogens is 342 g/mol. The number of ether oxygens (including phenoxy) is 1. The maximum atomic E-state index is 12.1. The number of carbonyl (C=O) groups excluding carboxylic acids is 2. The highest BCUT2D eigenvalue weighted by atomic mass is 16.5. The SMILES string of the molecule is Cc1cccc(NC(=O)COC(=O)c2ccc(-c3ccc(O)cc3)cc2)c1. The molecule has 136 valence electrons. The summed E-state index contributed by atoms with van der Waals surface area (Å²) >= 11 is 0. The summed E-state index contributed by atoms with van der Waals surface area (Å²) in [6.45, 7) is 1.57. The van der Waals surface area contributed by atoms with Gasteiger partial charge in [0.25, 0.3) is 5.91 Å². The number of hydrogen-bond donors (Lipinski definition) is 2. The van der Waals surface area contributed by atoms with E-state index in [1.807, 2.05) is 25.1 Å². The van der Waals surface area contributed by atoms with Crippen molar-refractivity contribution in [1.82, 2.24) is 0 Å². The van der Waals surface area contributed by atoms with Crippen molar-refractivity contribution in [2.45, 2.75) is 6.92 Å². The monoisotopic (exact) mass is 361 g/mol. The number of carbonyl (C=O) groups is 2. The number of hydrogen-bond acceptors (Lipinski definition) is 4. The fourth-order valence-corrected chi connectivity index (χ4v) is 2.59. The van der Waals surface area contributed by atoms with Crippen LogP contribution in [0.3, 0.4) is 0 Å². The molecule has 0 saturated carbocycles. The van der Waals surface area contributed by atoms with Crippen LogP contribution in [0.4, 0.5) is 5.69 Å². The van der Waals surface area contributed by atoms with Crippen LogP contribution in [0.2, 0.25) is 0 Å². The third-order valence-corrected chi connectivity index (χ3v) is 3.96. The molecule has 0 atom stereocenters. The van der Waals surface area contributed by atoms with Crippen LogP contribution in [0, 0.1) is 6.92 Å². The van der Waals surface area contributed by atoms with Gasteiger partial charge < -0.3 is 15.2 Å². The van der Waals surface area contributed by atoms with Crippen molar-refractivity contribution in [3.8, 4) is 16.9 Å². The van der Waals surface area contributed by atoms with E-state index in [1.165, 1.54) is 0 Å². The summed E-state index contributed by atoms with van der Waals surface area (Å²) in [7, 11) is 0. The van der Waals surface area contributed by atoms with Gasteiger partial charge in [-0.1, -0.05) is 36.4 Å². The predicted octanol–water partition coefficient (Wildman–Crippen LogP) is 4.16. The lowest BCUT2D eigenvalue weighted by Gasteiger charge is -2.08. The molecule has 0 unspecified atom stereocenters. The Labute approximate surface area is 157 Å². The van der Waals surface area contributed by atoms with Crippen molar-refractivity contribution in [3.05, 3.63) is 83.9 Å². The average molecular weight is 361 g/mol. The zero-order valence-corrected chi connectivity index (χ0v) is 14.8. The van der Waals surface area contributed by atoms with Gasteiger partial charge in [-0.2, -0.15) is 0 Å². The number of phenolic OH excluding ortho intramolecular Hbond substituents is 1. The Hall–Kier alpha value is -3.60. The van der Waals surface area contributed by atoms with Crippen molar-refractivity contribution < 1.29 is 19.4 Å². The number of aromatic hydroxyl groups is 1. The smallest absolute Gasteiger partial charge is 0.338 e. The first kappa shape index (κ1) is 18.2. The first-order valence-corrected chi connectivity index (χ1v) is 8.44. The van der Waals surface area contributed by atoms with E-state index in [0.717, 1.165) is 16.7 Å². The largest absolute Gasteiger partial charge is 0.508 e. The summed E-state index contributed by atoms with van der Waals surface area (Å²) in [5.74, 6) is -0.760. The Balaban J connectivity index is 1.56. The summed E-state index contributed by atoms with van der Waals surface area (Å²) < 4.78 is 5.07. The highest BCUT2D eigenvalue weighted by Crippen LogP contribution is 2.22. The van der Waals surface area contributed by atoms with Crippen LogP contribution in [0.5, 0.6) is 5.75 Å². The molecule has 27 heavy (non-hydrogen) atoms. The number of anilines is 1. The van der Waals surface area contributed by atoms with Crippen LogP contribution in [0.25, 0.3) is 11.1 Å². The van der Waals surface area contributed by atoms with Crippen LogP contribution in [-0.2, 0) is 9.53 Å². The van der Waals surface area contributed by atoms with Crippen molar-refractivity contribution in [2.75, 3.05) is 11.9 Å². The molecule has 0 heterocycles. The Morgan fingerprint density at radius 3 is 2.19 bits per heavy atom. The van der Waals surface area contributed by atoms with Gasteiger partial charge >= 0.3 is 5.97 Å². The van der Waals surface area contributed by atoms with E-state index in [9.17, 15) is 14.7 Å². The van der Waals surface area contributed by atoms with Gasteiger partial charge in [-0.3, -0.25) is 4.79 Å². The minimum Gasteiger partial charge on any atom is -0.508 e. The summed E-state index contributed by atoms with van der Waals surface area (Å²) in [5.41, 5.74) is 3.88. The van der Waals surface area contributed by atoms with Crippen LogP contribution in [0.15, 0.2) is 72.8 Å². The Morgan fingerprint density at radius 2 is 1.56 bits per heavy atom. The molecule has 0 saturated heterocycles. The first-order chi connectivity index (χ1) is 13.0. The van der Waals surface area contributed by atoms with Crippen molar-refractivity contribution in [2.24, 2.45) is 0 Å². The molecule has 0 spiro atoms. The number of phenols is 1. The highest BCUT2D eigenvalue weighted by molar-refractivity contribution is 5.95. The van der Waals surface area contributed by atoms with Crippen LogP contribution in [-0.4, -0.2) is 23.6 Å². The molecule has 0 fully saturated rings. The molecule has 0 bridgehead atoms. The van der Waals surface area contributed by atoms with Gasteiger partial charge in [0, 0.05) is 5.69 Å². The fourth-order valence-electron chi connectivity index (χ4n) is 2.59. The molecule has 0 aliphatic rings. The van der Waals surface area contributed by atoms with Crippen LogP contribution < -0.4 is 5.32 Å². The van der Waals surface area contributed by atoms with E-state index in [1.54, 1.807) is 54.6 Å². The lowest BCUT2D eigenvalue weighted by Crippen LogP contribution is -2.20. The molecule has 0 aliphatic heterocycles. The molecular formula is C22H19NO4. The second kappa shape index (κ2) is 8.19. The number of esters is 1. The van der Waals surface area contributed by atoms with E-state index in [4.69, 9.17) is 4.74 Å². The maximum absolute atomic E-state index is 12.1. The lowest BCUT2D eigenvalue weighted by atomic mass is 10.0. The molecule has 2 N–H and O–H groups in total. The summed E-state index contributed by atoms with van der Waals surface area (Å²) in [6, 6.07) is 21.0. The minimum atomic E-state index is -0.563. The number of benzene rings is 3. The van der Waals surface area contributed by atoms with Crippen LogP contribution >= 0.6 is 0 Å². The molecule has 1 amide bonds. The third-order valence-electron chi connectivity index (χ3n) is 3.96. The zero-order valence-electron chi connectivity index (χ0n) is 14.8. The molecule has 5 nitrogen and oxygen atoms in total. The van der Waals surface area contributed by atoms with Crippen molar-refractivity contribution >= 4 is 17.6 Å². The van der Waals surface area contributed by atoms with Gasteiger partial charge in [-0.25, -0.2) is 4.79 Å². The lowest BCUT2D eigenvalue weighted by molar-refractivity contribution is -0.119. The minimum absolute atomic E-state index is 0.197. The van der Waals surface area contributed by atoms with Crippen molar-refractivity contribution in [3.63, 3.8) is 0 Å². The topological polar surface area (TPSA) is 75.6 Å². The van der Waals surface area contributed by atoms with Gasteiger partial charge in [-0.05, 0) is 60.0 Å². The second-order valence-electron chi connectivity index (χ2n) is 6.12. The number of rotatable bonds is 5. The molecule has 0 radical (unpaired) electrons. The van der Waals surface area contributed by atoms with E-state index >= 15 is 0 Å². The van der Waals surface area contributed by atoms with Gasteiger partial charge in [0.1, 0.15) is 5.75 Å². The first-order valence-electron chi connectivity index (χ1n) is 8.44. The maximum Gasteiger partial charge on any atom is 0.338 e. The van der Waals surface area contributed by atoms with E-state index < -0.39 is 11.9 Å². The van der Waals surface area contributed by atoms with Gasteiger partial charge in [0.05, 0.1) is 5.56 Å². The molecule has 0 aliphatic carbocycles. The number of amides is 1. The Morgan fingerprint density at radius 1 is 0.926 bits per heavy atom. The highest BCUT2D eigenvalue weighted by Gasteiger charge is 2.11. The fraction of sp³-hybridized carbons (Fsp3) is 0.0909. The van der Waals surface area contributed by atoms with E-state index in [2.05, 4.69) is 5.32 Å². The molecule has 3 aromatic carbocycles. The average Bonchev–Trinajstić information content (AvgIpc) is 2.67. The molecule has 0 aromatic heterocycles. The van der Waals surface area contributed by atoms with Gasteiger partial charge in [-0.15, -0.1) is 0 Å². The zero-order chi connectivity index (χ0) is 19.2. The van der Waals surface area contributed by atoms with Gasteiger partial charge in [0.2, 0.25) is 0 Å². The normalized spacial score (nSPS) is 10.3. The summed E-state index contributed by atoms with van der Waals surface area (Å²) in [5, 5.41) is 12.0. The summed E-state index contributed by atoms with van der Waals surface area (Å²) in [6.07, 6.45) is 0. The molecule has 3 rings (SSSR count). The third kappa shape index (κ3) is 4.95. The second-order valence-corrected chi connectivity index (χ2v) is 6.12. The Bertz CT molecular complexity index is 947. The quantitative estimate of drug-likeness (QED) is 0.669. The summed E-state index contributed by atoms with van der Waals surface area (Å²) in [4.78, 5) is 24.0. The van der Waals surface area contributed by atoms with E-state index in [-0.39, 0.29) is 12.4 Å². The van der Waals surface area contributed by atoms with E-state index in [0.29, 0.717) is 11.3 Å². The number of nitrogens with one attached hydrogen (secondary N) is 1. The number of aryl methyl sites for hydroxylation is 1. The van der Waals surface area contributed by atoms with Crippen LogP contribution in [0.1, 0.15) is 15.9 Å². The molecule has 3 aromatic rings.